The molecule has 10 nitrogen and oxygen atoms in total. The van der Waals surface area contributed by atoms with Crippen LogP contribution in [0.15, 0.2) is 47.1 Å². The van der Waals surface area contributed by atoms with E-state index in [1.165, 1.54) is 12.1 Å². The van der Waals surface area contributed by atoms with Crippen molar-refractivity contribution in [1.29, 1.82) is 0 Å². The van der Waals surface area contributed by atoms with Crippen molar-refractivity contribution in [2.75, 3.05) is 26.4 Å². The molecule has 2 aliphatic rings. The summed E-state index contributed by atoms with van der Waals surface area (Å²) in [6.45, 7) is 4.35. The van der Waals surface area contributed by atoms with Crippen LogP contribution in [0, 0.1) is 5.92 Å². The van der Waals surface area contributed by atoms with Gasteiger partial charge < -0.3 is 24.3 Å². The lowest BCUT2D eigenvalue weighted by molar-refractivity contribution is -0.149. The Morgan fingerprint density at radius 1 is 0.909 bits per heavy atom. The number of benzene rings is 1. The van der Waals surface area contributed by atoms with Gasteiger partial charge in [0, 0.05) is 11.1 Å². The number of carbonyl (C=O) groups is 5. The Morgan fingerprint density at radius 3 is 2.12 bits per heavy atom. The number of carbonyl (C=O) groups excluding carboxylic acids is 5. The second kappa shape index (κ2) is 10.1. The average Bonchev–Trinajstić information content (AvgIpc) is 2.80. The fourth-order valence-corrected chi connectivity index (χ4v) is 3.54. The highest BCUT2D eigenvalue weighted by Crippen LogP contribution is 2.40. The van der Waals surface area contributed by atoms with Crippen LogP contribution in [-0.2, 0) is 33.3 Å². The van der Waals surface area contributed by atoms with Gasteiger partial charge >= 0.3 is 17.9 Å². The zero-order valence-electron chi connectivity index (χ0n) is 18.4. The zero-order chi connectivity index (χ0) is 24.1. The number of hydrogen-bond donors (Lipinski definition) is 1. The third-order valence-corrected chi connectivity index (χ3v) is 4.85. The number of ether oxygens (including phenoxy) is 4. The molecule has 1 atom stereocenters. The molecular weight excluding hydrogens is 434 g/mol. The third kappa shape index (κ3) is 4.50. The Labute approximate surface area is 189 Å². The highest BCUT2D eigenvalue weighted by Gasteiger charge is 2.49. The first-order chi connectivity index (χ1) is 15.8. The molecule has 0 bridgehead atoms. The summed E-state index contributed by atoms with van der Waals surface area (Å²) in [6, 6.07) is 6.07. The SMILES string of the molecule is CCOC(=O)CNC1=C(C(=O)OCC)C(C(=O)OCC)C2=C(O1)C(=O)c1ccccc1C2=O. The number of fused-ring (bicyclic) bond motifs is 1. The summed E-state index contributed by atoms with van der Waals surface area (Å²) in [5.74, 6) is -6.24. The number of nitrogens with one attached hydrogen (secondary N) is 1. The molecule has 0 spiro atoms. The van der Waals surface area contributed by atoms with Crippen LogP contribution in [0.5, 0.6) is 0 Å². The highest BCUT2D eigenvalue weighted by atomic mass is 16.5. The van der Waals surface area contributed by atoms with Crippen LogP contribution in [0.1, 0.15) is 41.5 Å². The predicted molar refractivity (Wildman–Crippen MR) is 112 cm³/mol. The van der Waals surface area contributed by atoms with E-state index in [-0.39, 0.29) is 48.0 Å². The van der Waals surface area contributed by atoms with E-state index >= 15 is 0 Å². The summed E-state index contributed by atoms with van der Waals surface area (Å²) in [5.41, 5.74) is -0.528. The maximum absolute atomic E-state index is 13.3. The molecule has 0 saturated carbocycles. The molecule has 0 radical (unpaired) electrons. The van der Waals surface area contributed by atoms with Gasteiger partial charge in [0.05, 0.1) is 25.4 Å². The van der Waals surface area contributed by atoms with E-state index in [1.807, 2.05) is 0 Å². The first kappa shape index (κ1) is 23.7. The molecule has 0 saturated heterocycles. The van der Waals surface area contributed by atoms with E-state index < -0.39 is 47.7 Å². The van der Waals surface area contributed by atoms with Crippen LogP contribution < -0.4 is 5.32 Å². The lowest BCUT2D eigenvalue weighted by Crippen LogP contribution is -2.41. The molecular formula is C23H23NO9. The van der Waals surface area contributed by atoms with Gasteiger partial charge in [-0.2, -0.15) is 0 Å². The average molecular weight is 457 g/mol. The quantitative estimate of drug-likeness (QED) is 0.451. The van der Waals surface area contributed by atoms with E-state index in [9.17, 15) is 24.0 Å². The minimum absolute atomic E-state index is 0.0371. The van der Waals surface area contributed by atoms with Crippen molar-refractivity contribution in [3.8, 4) is 0 Å². The largest absolute Gasteiger partial charge is 0.465 e. The molecule has 174 valence electrons. The summed E-state index contributed by atoms with van der Waals surface area (Å²) < 4.78 is 20.7. The van der Waals surface area contributed by atoms with Gasteiger partial charge in [0.25, 0.3) is 0 Å². The molecule has 10 heteroatoms. The molecule has 1 aromatic carbocycles. The van der Waals surface area contributed by atoms with E-state index in [1.54, 1.807) is 32.9 Å². The standard InChI is InChI=1S/C23H23NO9/c1-4-30-14(25)11-24-21-17(23(29)32-6-3)15(22(28)31-5-2)16-18(26)12-9-7-8-10-13(12)19(27)20(16)33-21/h7-10,15,24H,4-6,11H2,1-3H3. The molecule has 1 aliphatic carbocycles. The summed E-state index contributed by atoms with van der Waals surface area (Å²) >= 11 is 0. The van der Waals surface area contributed by atoms with Gasteiger partial charge in [-0.15, -0.1) is 0 Å². The molecule has 1 heterocycles. The fourth-order valence-electron chi connectivity index (χ4n) is 3.54. The van der Waals surface area contributed by atoms with Crippen LogP contribution in [0.2, 0.25) is 0 Å². The zero-order valence-corrected chi connectivity index (χ0v) is 18.4. The smallest absolute Gasteiger partial charge is 0.340 e. The minimum atomic E-state index is -1.60. The Kier molecular flexibility index (Phi) is 7.27. The Morgan fingerprint density at radius 2 is 1.52 bits per heavy atom. The molecule has 0 fully saturated rings. The van der Waals surface area contributed by atoms with Crippen molar-refractivity contribution in [3.05, 3.63) is 58.2 Å². The van der Waals surface area contributed by atoms with Gasteiger partial charge in [-0.05, 0) is 20.8 Å². The van der Waals surface area contributed by atoms with E-state index in [0.717, 1.165) is 0 Å². The number of Topliss-reactive ketones (excluding diaryl/α,β-unsaturated/α-hetero) is 2. The minimum Gasteiger partial charge on any atom is -0.465 e. The van der Waals surface area contributed by atoms with Crippen LogP contribution in [0.4, 0.5) is 0 Å². The molecule has 1 aliphatic heterocycles. The van der Waals surface area contributed by atoms with Gasteiger partial charge in [0.15, 0.2) is 11.5 Å². The van der Waals surface area contributed by atoms with Crippen molar-refractivity contribution < 1.29 is 42.9 Å². The number of ketones is 2. The highest BCUT2D eigenvalue weighted by molar-refractivity contribution is 6.28. The van der Waals surface area contributed by atoms with Crippen LogP contribution in [-0.4, -0.2) is 55.8 Å². The first-order valence-corrected chi connectivity index (χ1v) is 10.4. The normalized spacial score (nSPS) is 17.0. The van der Waals surface area contributed by atoms with Crippen molar-refractivity contribution in [2.24, 2.45) is 5.92 Å². The lowest BCUT2D eigenvalue weighted by Gasteiger charge is -2.32. The van der Waals surface area contributed by atoms with Crippen LogP contribution in [0.3, 0.4) is 0 Å². The number of rotatable bonds is 8. The Bertz CT molecular complexity index is 1080. The van der Waals surface area contributed by atoms with Crippen LogP contribution >= 0.6 is 0 Å². The molecule has 3 rings (SSSR count). The van der Waals surface area contributed by atoms with E-state index in [2.05, 4.69) is 5.32 Å². The van der Waals surface area contributed by atoms with Gasteiger partial charge in [0.1, 0.15) is 18.0 Å². The Balaban J connectivity index is 2.16. The molecule has 1 N–H and O–H groups in total. The van der Waals surface area contributed by atoms with Gasteiger partial charge in [-0.25, -0.2) is 4.79 Å². The second-order valence-corrected chi connectivity index (χ2v) is 6.86. The van der Waals surface area contributed by atoms with Crippen molar-refractivity contribution in [1.82, 2.24) is 5.32 Å². The number of hydrogen-bond acceptors (Lipinski definition) is 10. The van der Waals surface area contributed by atoms with E-state index in [4.69, 9.17) is 18.9 Å². The monoisotopic (exact) mass is 457 g/mol. The topological polar surface area (TPSA) is 134 Å². The van der Waals surface area contributed by atoms with Gasteiger partial charge in [0.2, 0.25) is 11.7 Å². The maximum Gasteiger partial charge on any atom is 0.340 e. The van der Waals surface area contributed by atoms with Crippen molar-refractivity contribution >= 4 is 29.5 Å². The summed E-state index contributed by atoms with van der Waals surface area (Å²) in [7, 11) is 0. The van der Waals surface area contributed by atoms with Crippen LogP contribution in [0.25, 0.3) is 0 Å². The van der Waals surface area contributed by atoms with Crippen molar-refractivity contribution in [3.63, 3.8) is 0 Å². The molecule has 33 heavy (non-hydrogen) atoms. The molecule has 1 unspecified atom stereocenters. The fraction of sp³-hybridized carbons (Fsp3) is 0.348. The number of allylic oxidation sites excluding steroid dienone is 1. The van der Waals surface area contributed by atoms with Crippen molar-refractivity contribution in [2.45, 2.75) is 20.8 Å². The summed E-state index contributed by atoms with van der Waals surface area (Å²) in [6.07, 6.45) is 0. The maximum atomic E-state index is 13.3. The Hall–Kier alpha value is -3.95. The van der Waals surface area contributed by atoms with Gasteiger partial charge in [-0.1, -0.05) is 24.3 Å². The lowest BCUT2D eigenvalue weighted by atomic mass is 9.78. The molecule has 0 amide bonds. The van der Waals surface area contributed by atoms with E-state index in [0.29, 0.717) is 0 Å². The number of esters is 3. The third-order valence-electron chi connectivity index (χ3n) is 4.85. The molecule has 0 aromatic heterocycles. The summed E-state index contributed by atoms with van der Waals surface area (Å²) in [4.78, 5) is 64.2. The summed E-state index contributed by atoms with van der Waals surface area (Å²) in [5, 5.41) is 2.59. The van der Waals surface area contributed by atoms with Gasteiger partial charge in [-0.3, -0.25) is 19.2 Å². The second-order valence-electron chi connectivity index (χ2n) is 6.86. The predicted octanol–water partition coefficient (Wildman–Crippen LogP) is 1.46. The first-order valence-electron chi connectivity index (χ1n) is 10.4. The molecule has 1 aromatic rings.